The lowest BCUT2D eigenvalue weighted by molar-refractivity contribution is -0.144. The fraction of sp³-hybridized carbons (Fsp3) is 0.455. The molecule has 0 aliphatic rings. The first-order chi connectivity index (χ1) is 8.88. The van der Waals surface area contributed by atoms with Crippen molar-refractivity contribution < 1.29 is 24.5 Å². The minimum atomic E-state index is -1.27. The zero-order chi connectivity index (χ0) is 14.4. The lowest BCUT2D eigenvalue weighted by atomic mass is 10.2. The van der Waals surface area contributed by atoms with Crippen molar-refractivity contribution >= 4 is 17.8 Å². The summed E-state index contributed by atoms with van der Waals surface area (Å²) in [5.41, 5.74) is 0. The smallest absolute Gasteiger partial charge is 0.326 e. The zero-order valence-electron chi connectivity index (χ0n) is 10.5. The molecular weight excluding hydrogens is 254 g/mol. The molecule has 0 aliphatic heterocycles. The summed E-state index contributed by atoms with van der Waals surface area (Å²) in [6.45, 7) is 3.64. The lowest BCUT2D eigenvalue weighted by Crippen LogP contribution is -2.32. The summed E-state index contributed by atoms with van der Waals surface area (Å²) < 4.78 is 5.32. The molecule has 1 aromatic heterocycles. The van der Waals surface area contributed by atoms with Gasteiger partial charge in [-0.2, -0.15) is 0 Å². The highest BCUT2D eigenvalue weighted by Crippen LogP contribution is 2.14. The second-order valence-electron chi connectivity index (χ2n) is 4.04. The standard InChI is InChI=1S/C11H15N3O5/c1-6(2)19-9-4-8(12-5-13-9)14-7(11(17)18)3-10(15)16/h4-7H,3H2,1-2H3,(H,15,16)(H,17,18)(H,12,13,14). The Balaban J connectivity index is 2.78. The second kappa shape index (κ2) is 6.53. The summed E-state index contributed by atoms with van der Waals surface area (Å²) in [7, 11) is 0. The van der Waals surface area contributed by atoms with E-state index in [0.29, 0.717) is 0 Å². The van der Waals surface area contributed by atoms with E-state index in [4.69, 9.17) is 14.9 Å². The van der Waals surface area contributed by atoms with E-state index in [1.807, 2.05) is 13.8 Å². The number of anilines is 1. The fourth-order valence-corrected chi connectivity index (χ4v) is 1.28. The number of hydrogen-bond donors (Lipinski definition) is 3. The van der Waals surface area contributed by atoms with Crippen LogP contribution in [0.1, 0.15) is 20.3 Å². The number of nitrogens with one attached hydrogen (secondary N) is 1. The summed E-state index contributed by atoms with van der Waals surface area (Å²) in [6.07, 6.45) is 0.566. The Morgan fingerprint density at radius 1 is 1.37 bits per heavy atom. The molecule has 1 rings (SSSR count). The van der Waals surface area contributed by atoms with Gasteiger partial charge in [0.1, 0.15) is 18.2 Å². The highest BCUT2D eigenvalue weighted by molar-refractivity contribution is 5.83. The van der Waals surface area contributed by atoms with Crippen molar-refractivity contribution in [1.29, 1.82) is 0 Å². The molecule has 1 unspecified atom stereocenters. The van der Waals surface area contributed by atoms with Gasteiger partial charge in [0.2, 0.25) is 5.88 Å². The number of aliphatic carboxylic acids is 2. The maximum atomic E-state index is 10.9. The van der Waals surface area contributed by atoms with Gasteiger partial charge in [-0.3, -0.25) is 4.79 Å². The fourth-order valence-electron chi connectivity index (χ4n) is 1.28. The number of carbonyl (C=O) groups is 2. The minimum Gasteiger partial charge on any atom is -0.481 e. The topological polar surface area (TPSA) is 122 Å². The molecule has 0 spiro atoms. The first-order valence-corrected chi connectivity index (χ1v) is 5.58. The van der Waals surface area contributed by atoms with E-state index in [1.165, 1.54) is 12.4 Å². The minimum absolute atomic E-state index is 0.0861. The molecule has 0 amide bonds. The van der Waals surface area contributed by atoms with Crippen LogP contribution in [0.3, 0.4) is 0 Å². The molecule has 1 atom stereocenters. The third-order valence-electron chi connectivity index (χ3n) is 2.00. The SMILES string of the molecule is CC(C)Oc1cc(NC(CC(=O)O)C(=O)O)ncn1. The van der Waals surface area contributed by atoms with E-state index in [2.05, 4.69) is 15.3 Å². The molecule has 0 aromatic carbocycles. The molecular formula is C11H15N3O5. The maximum absolute atomic E-state index is 10.9. The first kappa shape index (κ1) is 14.7. The van der Waals surface area contributed by atoms with Gasteiger partial charge in [0.05, 0.1) is 12.5 Å². The molecule has 19 heavy (non-hydrogen) atoms. The number of carboxylic acid groups (broad SMARTS) is 2. The Bertz CT molecular complexity index is 463. The summed E-state index contributed by atoms with van der Waals surface area (Å²) in [5, 5.41) is 20.0. The highest BCUT2D eigenvalue weighted by Gasteiger charge is 2.21. The molecule has 8 nitrogen and oxygen atoms in total. The van der Waals surface area contributed by atoms with Gasteiger partial charge in [0.25, 0.3) is 0 Å². The third-order valence-corrected chi connectivity index (χ3v) is 2.00. The van der Waals surface area contributed by atoms with E-state index >= 15 is 0 Å². The lowest BCUT2D eigenvalue weighted by Gasteiger charge is -2.14. The Morgan fingerprint density at radius 3 is 2.58 bits per heavy atom. The van der Waals surface area contributed by atoms with Crippen molar-refractivity contribution in [2.45, 2.75) is 32.4 Å². The summed E-state index contributed by atoms with van der Waals surface area (Å²) in [4.78, 5) is 29.1. The van der Waals surface area contributed by atoms with Gasteiger partial charge in [0.15, 0.2) is 0 Å². The number of rotatable bonds is 7. The predicted molar refractivity (Wildman–Crippen MR) is 65.1 cm³/mol. The van der Waals surface area contributed by atoms with Crippen LogP contribution in [0.5, 0.6) is 5.88 Å². The molecule has 0 fully saturated rings. The van der Waals surface area contributed by atoms with Crippen molar-refractivity contribution in [3.63, 3.8) is 0 Å². The monoisotopic (exact) mass is 269 g/mol. The summed E-state index contributed by atoms with van der Waals surface area (Å²) in [5.74, 6) is -2.01. The van der Waals surface area contributed by atoms with Gasteiger partial charge >= 0.3 is 11.9 Å². The van der Waals surface area contributed by atoms with Gasteiger partial charge in [-0.15, -0.1) is 0 Å². The Kier molecular flexibility index (Phi) is 5.04. The average molecular weight is 269 g/mol. The van der Waals surface area contributed by atoms with Crippen LogP contribution in [0.25, 0.3) is 0 Å². The molecule has 1 heterocycles. The molecule has 8 heteroatoms. The second-order valence-corrected chi connectivity index (χ2v) is 4.04. The van der Waals surface area contributed by atoms with Crippen molar-refractivity contribution in [2.24, 2.45) is 0 Å². The van der Waals surface area contributed by atoms with Crippen LogP contribution in [-0.2, 0) is 9.59 Å². The van der Waals surface area contributed by atoms with Crippen LogP contribution in [0.4, 0.5) is 5.82 Å². The van der Waals surface area contributed by atoms with Gasteiger partial charge in [-0.25, -0.2) is 14.8 Å². The number of carboxylic acids is 2. The zero-order valence-corrected chi connectivity index (χ0v) is 10.5. The Morgan fingerprint density at radius 2 is 2.05 bits per heavy atom. The molecule has 0 bridgehead atoms. The van der Waals surface area contributed by atoms with Gasteiger partial charge in [-0.1, -0.05) is 0 Å². The van der Waals surface area contributed by atoms with E-state index in [-0.39, 0.29) is 17.8 Å². The quantitative estimate of drug-likeness (QED) is 0.658. The van der Waals surface area contributed by atoms with Crippen molar-refractivity contribution in [2.75, 3.05) is 5.32 Å². The molecule has 1 aromatic rings. The predicted octanol–water partition coefficient (Wildman–Crippen LogP) is 0.604. The molecule has 104 valence electrons. The molecule has 0 radical (unpaired) electrons. The number of hydrogen-bond acceptors (Lipinski definition) is 6. The van der Waals surface area contributed by atoms with Crippen LogP contribution < -0.4 is 10.1 Å². The van der Waals surface area contributed by atoms with E-state index in [1.54, 1.807) is 0 Å². The highest BCUT2D eigenvalue weighted by atomic mass is 16.5. The molecule has 3 N–H and O–H groups in total. The maximum Gasteiger partial charge on any atom is 0.326 e. The van der Waals surface area contributed by atoms with Crippen LogP contribution in [0, 0.1) is 0 Å². The molecule has 0 saturated carbocycles. The first-order valence-electron chi connectivity index (χ1n) is 5.58. The average Bonchev–Trinajstić information content (AvgIpc) is 2.26. The third kappa shape index (κ3) is 5.19. The summed E-state index contributed by atoms with van der Waals surface area (Å²) in [6, 6.07) is 0.150. The van der Waals surface area contributed by atoms with Crippen LogP contribution in [0.15, 0.2) is 12.4 Å². The number of aromatic nitrogens is 2. The van der Waals surface area contributed by atoms with Crippen LogP contribution >= 0.6 is 0 Å². The Labute approximate surface area is 109 Å². The van der Waals surface area contributed by atoms with Crippen molar-refractivity contribution in [3.05, 3.63) is 12.4 Å². The number of nitrogens with zero attached hydrogens (tertiary/aromatic N) is 2. The molecule has 0 aliphatic carbocycles. The van der Waals surface area contributed by atoms with E-state index in [0.717, 1.165) is 0 Å². The van der Waals surface area contributed by atoms with E-state index < -0.39 is 24.4 Å². The van der Waals surface area contributed by atoms with Gasteiger partial charge in [0, 0.05) is 6.07 Å². The largest absolute Gasteiger partial charge is 0.481 e. The van der Waals surface area contributed by atoms with Crippen LogP contribution in [-0.4, -0.2) is 44.3 Å². The van der Waals surface area contributed by atoms with Gasteiger partial charge < -0.3 is 20.3 Å². The number of ether oxygens (including phenoxy) is 1. The normalized spacial score (nSPS) is 11.9. The van der Waals surface area contributed by atoms with Crippen molar-refractivity contribution in [1.82, 2.24) is 9.97 Å². The van der Waals surface area contributed by atoms with Crippen LogP contribution in [0.2, 0.25) is 0 Å². The Hall–Kier alpha value is -2.38. The van der Waals surface area contributed by atoms with Crippen molar-refractivity contribution in [3.8, 4) is 5.88 Å². The van der Waals surface area contributed by atoms with E-state index in [9.17, 15) is 9.59 Å². The molecule has 0 saturated heterocycles. The van der Waals surface area contributed by atoms with Gasteiger partial charge in [-0.05, 0) is 13.8 Å². The summed E-state index contributed by atoms with van der Waals surface area (Å²) >= 11 is 0.